The zero-order valence-electron chi connectivity index (χ0n) is 31.1. The number of rotatable bonds is 10. The maximum Gasteiger partial charge on any atom is 0.192 e. The number of ether oxygens (including phenoxy) is 1. The summed E-state index contributed by atoms with van der Waals surface area (Å²) in [5.74, 6) is 0.764. The predicted octanol–water partition coefficient (Wildman–Crippen LogP) is 8.77. The lowest BCUT2D eigenvalue weighted by atomic mass is 10.1. The molecule has 0 amide bonds. The fourth-order valence-electron chi connectivity index (χ4n) is 4.36. The van der Waals surface area contributed by atoms with Gasteiger partial charge in [0.25, 0.3) is 0 Å². The van der Waals surface area contributed by atoms with Crippen LogP contribution in [0, 0.1) is 0 Å². The molecule has 0 aromatic carbocycles. The molecule has 2 aromatic heterocycles. The first-order chi connectivity index (χ1) is 19.6. The molecule has 0 radical (unpaired) electrons. The second kappa shape index (κ2) is 12.3. The second-order valence-electron chi connectivity index (χ2n) is 18.2. The van der Waals surface area contributed by atoms with Crippen molar-refractivity contribution in [3.63, 3.8) is 0 Å². The summed E-state index contributed by atoms with van der Waals surface area (Å²) in [7, 11) is -8.24. The van der Waals surface area contributed by atoms with Gasteiger partial charge in [-0.1, -0.05) is 82.0 Å². The Kier molecular flexibility index (Phi) is 10.4. The molecule has 1 aliphatic heterocycles. The first kappa shape index (κ1) is 37.5. The zero-order valence-corrected chi connectivity index (χ0v) is 35.1. The van der Waals surface area contributed by atoms with E-state index in [-0.39, 0.29) is 33.4 Å². The molecule has 9 nitrogen and oxygen atoms in total. The van der Waals surface area contributed by atoms with E-state index in [1.807, 2.05) is 10.9 Å². The molecule has 4 atom stereocenters. The van der Waals surface area contributed by atoms with Crippen LogP contribution in [0.15, 0.2) is 12.7 Å². The standard InChI is InChI=1S/C31H63N5O4Si4/c1-29(2,3)42(13,14)37-19-22-24(39-43(15,16)30(4,5)6)25(40-44(17,18)31(7,8)9)28(38-22)36-21-34-23-26(35-41(10,11)12)32-20-33-27(23)36/h20-22,24-25,28H,19H2,1-18H3,(H,32,33,35)/t22-,24?,25?,28-/m0/s1. The highest BCUT2D eigenvalue weighted by Gasteiger charge is 2.55. The van der Waals surface area contributed by atoms with Crippen LogP contribution >= 0.6 is 0 Å². The molecule has 1 N–H and O–H groups in total. The minimum absolute atomic E-state index is 0.00238. The molecular formula is C31H63N5O4Si4. The summed E-state index contributed by atoms with van der Waals surface area (Å²) in [5.41, 5.74) is 1.47. The molecule has 2 unspecified atom stereocenters. The number of nitrogens with zero attached hydrogens (tertiary/aromatic N) is 4. The van der Waals surface area contributed by atoms with E-state index in [4.69, 9.17) is 28.0 Å². The van der Waals surface area contributed by atoms with E-state index in [1.165, 1.54) is 0 Å². The first-order valence-corrected chi connectivity index (χ1v) is 28.4. The normalized spacial score (nSPS) is 23.0. The molecule has 3 rings (SSSR count). The van der Waals surface area contributed by atoms with Gasteiger partial charge in [-0.25, -0.2) is 15.0 Å². The summed E-state index contributed by atoms with van der Waals surface area (Å²) >= 11 is 0. The Morgan fingerprint density at radius 3 is 1.70 bits per heavy atom. The number of hydrogen-bond donors (Lipinski definition) is 1. The van der Waals surface area contributed by atoms with Crippen LogP contribution in [0.4, 0.5) is 5.82 Å². The average molecular weight is 682 g/mol. The van der Waals surface area contributed by atoms with E-state index in [1.54, 1.807) is 6.33 Å². The summed E-state index contributed by atoms with van der Waals surface area (Å²) in [4.78, 5) is 17.7. The van der Waals surface area contributed by atoms with Crippen molar-refractivity contribution in [3.05, 3.63) is 12.7 Å². The van der Waals surface area contributed by atoms with Crippen molar-refractivity contribution in [2.45, 2.75) is 161 Å². The Bertz CT molecular complexity index is 1290. The van der Waals surface area contributed by atoms with Crippen LogP contribution in [0.2, 0.25) is 74.0 Å². The van der Waals surface area contributed by atoms with E-state index in [2.05, 4.69) is 131 Å². The third-order valence-corrected chi connectivity index (χ3v) is 24.7. The monoisotopic (exact) mass is 681 g/mol. The van der Waals surface area contributed by atoms with Crippen LogP contribution in [0.25, 0.3) is 11.2 Å². The van der Waals surface area contributed by atoms with E-state index in [0.717, 1.165) is 17.0 Å². The van der Waals surface area contributed by atoms with Gasteiger partial charge in [-0.15, -0.1) is 0 Å². The molecule has 0 bridgehead atoms. The third-order valence-electron chi connectivity index (χ3n) is 10.3. The van der Waals surface area contributed by atoms with Gasteiger partial charge in [0.1, 0.15) is 44.2 Å². The molecule has 1 aliphatic rings. The van der Waals surface area contributed by atoms with Gasteiger partial charge in [0.05, 0.1) is 12.9 Å². The average Bonchev–Trinajstić information content (AvgIpc) is 3.36. The summed E-state index contributed by atoms with van der Waals surface area (Å²) in [5, 5.41) is 0.0985. The second-order valence-corrected chi connectivity index (χ2v) is 37.3. The highest BCUT2D eigenvalue weighted by Crippen LogP contribution is 2.47. The third kappa shape index (κ3) is 8.12. The van der Waals surface area contributed by atoms with Gasteiger partial charge in [0.2, 0.25) is 0 Å². The fourth-order valence-corrected chi connectivity index (χ4v) is 8.87. The number of imidazole rings is 1. The zero-order chi connectivity index (χ0) is 33.9. The van der Waals surface area contributed by atoms with E-state index < -0.39 is 39.4 Å². The van der Waals surface area contributed by atoms with E-state index >= 15 is 0 Å². The Morgan fingerprint density at radius 2 is 1.23 bits per heavy atom. The van der Waals surface area contributed by atoms with Crippen LogP contribution in [0.3, 0.4) is 0 Å². The van der Waals surface area contributed by atoms with Crippen LogP contribution < -0.4 is 4.98 Å². The quantitative estimate of drug-likeness (QED) is 0.249. The maximum atomic E-state index is 7.33. The van der Waals surface area contributed by atoms with Gasteiger partial charge in [0, 0.05) is 0 Å². The smallest absolute Gasteiger partial charge is 0.192 e. The summed E-state index contributed by atoms with van der Waals surface area (Å²) < 4.78 is 30.5. The summed E-state index contributed by atoms with van der Waals surface area (Å²) in [6.45, 7) is 41.5. The fraction of sp³-hybridized carbons (Fsp3) is 0.839. The van der Waals surface area contributed by atoms with Crippen molar-refractivity contribution in [1.29, 1.82) is 0 Å². The van der Waals surface area contributed by atoms with Crippen molar-refractivity contribution >= 4 is 50.2 Å². The highest BCUT2D eigenvalue weighted by atomic mass is 28.4. The van der Waals surface area contributed by atoms with Gasteiger partial charge in [-0.2, -0.15) is 0 Å². The Hall–Kier alpha value is -0.942. The van der Waals surface area contributed by atoms with Gasteiger partial charge in [0.15, 0.2) is 36.8 Å². The van der Waals surface area contributed by atoms with Crippen LogP contribution in [-0.4, -0.2) is 77.6 Å². The molecule has 44 heavy (non-hydrogen) atoms. The largest absolute Gasteiger partial charge is 0.414 e. The first-order valence-electron chi connectivity index (χ1n) is 16.2. The molecule has 13 heteroatoms. The van der Waals surface area contributed by atoms with Gasteiger partial charge >= 0.3 is 0 Å². The van der Waals surface area contributed by atoms with Gasteiger partial charge in [-0.3, -0.25) is 4.57 Å². The number of anilines is 1. The lowest BCUT2D eigenvalue weighted by Crippen LogP contribution is -2.54. The molecule has 0 aliphatic carbocycles. The minimum Gasteiger partial charge on any atom is -0.414 e. The Balaban J connectivity index is 2.19. The van der Waals surface area contributed by atoms with Crippen molar-refractivity contribution in [2.24, 2.45) is 0 Å². The molecule has 3 heterocycles. The maximum absolute atomic E-state index is 7.33. The van der Waals surface area contributed by atoms with Crippen molar-refractivity contribution < 1.29 is 18.0 Å². The number of hydrogen-bond acceptors (Lipinski definition) is 8. The molecule has 1 saturated heterocycles. The molecule has 252 valence electrons. The number of aromatic nitrogens is 4. The van der Waals surface area contributed by atoms with Crippen LogP contribution in [-0.2, 0) is 18.0 Å². The molecule has 1 fully saturated rings. The Morgan fingerprint density at radius 1 is 0.727 bits per heavy atom. The summed E-state index contributed by atoms with van der Waals surface area (Å²) in [6, 6.07) is 0. The summed E-state index contributed by atoms with van der Waals surface area (Å²) in [6.07, 6.45) is 1.99. The number of nitrogens with one attached hydrogen (secondary N) is 1. The molecule has 2 aromatic rings. The molecule has 0 spiro atoms. The Labute approximate surface area is 272 Å². The highest BCUT2D eigenvalue weighted by molar-refractivity contribution is 6.79. The van der Waals surface area contributed by atoms with E-state index in [0.29, 0.717) is 6.61 Å². The van der Waals surface area contributed by atoms with Gasteiger partial charge < -0.3 is 23.0 Å². The SMILES string of the molecule is CC(C)(C)[Si](C)(C)OC[C@@H]1O[C@H](n2cnc3c(N[Si](C)(C)C)ncnc32)C(O[Si](C)(C)C(C)(C)C)C1O[Si](C)(C)C(C)(C)C. The lowest BCUT2D eigenvalue weighted by molar-refractivity contribution is -0.0470. The minimum atomic E-state index is -2.27. The number of fused-ring (bicyclic) bond motifs is 1. The van der Waals surface area contributed by atoms with Crippen molar-refractivity contribution in [1.82, 2.24) is 19.5 Å². The van der Waals surface area contributed by atoms with E-state index in [9.17, 15) is 0 Å². The lowest BCUT2D eigenvalue weighted by Gasteiger charge is -2.44. The molecule has 0 saturated carbocycles. The van der Waals surface area contributed by atoms with Gasteiger partial charge in [-0.05, 0) is 54.4 Å². The topological polar surface area (TPSA) is 92.6 Å². The predicted molar refractivity (Wildman–Crippen MR) is 193 cm³/mol. The van der Waals surface area contributed by atoms with Crippen LogP contribution in [0.1, 0.15) is 68.5 Å². The van der Waals surface area contributed by atoms with Crippen molar-refractivity contribution in [3.8, 4) is 0 Å². The van der Waals surface area contributed by atoms with Crippen LogP contribution in [0.5, 0.6) is 0 Å². The molecular weight excluding hydrogens is 619 g/mol. The van der Waals surface area contributed by atoms with Crippen molar-refractivity contribution in [2.75, 3.05) is 11.6 Å².